The van der Waals surface area contributed by atoms with Crippen molar-refractivity contribution in [1.82, 2.24) is 9.80 Å². The van der Waals surface area contributed by atoms with Crippen molar-refractivity contribution in [1.29, 1.82) is 0 Å². The molecule has 1 aliphatic carbocycles. The molecule has 0 unspecified atom stereocenters. The SMILES string of the molecule is O=C1OCCCN1C1CCN(C2CCCCC2)CC1. The minimum absolute atomic E-state index is 0.0811. The van der Waals surface area contributed by atoms with Crippen LogP contribution < -0.4 is 0 Å². The Labute approximate surface area is 116 Å². The highest BCUT2D eigenvalue weighted by molar-refractivity contribution is 5.68. The van der Waals surface area contributed by atoms with Crippen LogP contribution in [0.2, 0.25) is 0 Å². The van der Waals surface area contributed by atoms with Crippen LogP contribution >= 0.6 is 0 Å². The molecule has 0 aromatic carbocycles. The van der Waals surface area contributed by atoms with Gasteiger partial charge >= 0.3 is 6.09 Å². The number of amides is 1. The molecule has 3 aliphatic rings. The van der Waals surface area contributed by atoms with Crippen LogP contribution in [0.4, 0.5) is 4.79 Å². The van der Waals surface area contributed by atoms with Crippen LogP contribution in [0.15, 0.2) is 0 Å². The molecule has 1 saturated carbocycles. The molecule has 0 atom stereocenters. The molecular weight excluding hydrogens is 240 g/mol. The summed E-state index contributed by atoms with van der Waals surface area (Å²) in [5, 5.41) is 0. The summed E-state index contributed by atoms with van der Waals surface area (Å²) in [4.78, 5) is 16.4. The van der Waals surface area contributed by atoms with Gasteiger partial charge in [-0.1, -0.05) is 19.3 Å². The third-order valence-electron chi connectivity index (χ3n) is 5.03. The maximum Gasteiger partial charge on any atom is 0.410 e. The lowest BCUT2D eigenvalue weighted by Gasteiger charge is -2.43. The minimum atomic E-state index is -0.0811. The zero-order chi connectivity index (χ0) is 13.1. The predicted molar refractivity (Wildman–Crippen MR) is 74.1 cm³/mol. The van der Waals surface area contributed by atoms with Gasteiger partial charge in [0.1, 0.15) is 0 Å². The third kappa shape index (κ3) is 3.04. The molecule has 2 heterocycles. The molecule has 19 heavy (non-hydrogen) atoms. The van der Waals surface area contributed by atoms with Gasteiger partial charge < -0.3 is 14.5 Å². The van der Waals surface area contributed by atoms with Gasteiger partial charge in [-0.3, -0.25) is 0 Å². The molecule has 3 rings (SSSR count). The fraction of sp³-hybridized carbons (Fsp3) is 0.933. The molecule has 3 fully saturated rings. The summed E-state index contributed by atoms with van der Waals surface area (Å²) >= 11 is 0. The van der Waals surface area contributed by atoms with Crippen molar-refractivity contribution in [3.8, 4) is 0 Å². The summed E-state index contributed by atoms with van der Waals surface area (Å²) in [5.41, 5.74) is 0. The lowest BCUT2D eigenvalue weighted by molar-refractivity contribution is 0.0286. The summed E-state index contributed by atoms with van der Waals surface area (Å²) in [6, 6.07) is 1.25. The van der Waals surface area contributed by atoms with E-state index in [4.69, 9.17) is 4.74 Å². The summed E-state index contributed by atoms with van der Waals surface area (Å²) in [5.74, 6) is 0. The van der Waals surface area contributed by atoms with Crippen molar-refractivity contribution >= 4 is 6.09 Å². The first-order valence-electron chi connectivity index (χ1n) is 8.02. The summed E-state index contributed by atoms with van der Waals surface area (Å²) in [6.45, 7) is 3.83. The van der Waals surface area contributed by atoms with Gasteiger partial charge in [0.15, 0.2) is 0 Å². The highest BCUT2D eigenvalue weighted by Crippen LogP contribution is 2.27. The highest BCUT2D eigenvalue weighted by atomic mass is 16.6. The van der Waals surface area contributed by atoms with E-state index in [1.807, 2.05) is 4.90 Å². The maximum atomic E-state index is 11.8. The monoisotopic (exact) mass is 266 g/mol. The number of hydrogen-bond donors (Lipinski definition) is 0. The number of ether oxygens (including phenoxy) is 1. The Kier molecular flexibility index (Phi) is 4.26. The van der Waals surface area contributed by atoms with E-state index in [9.17, 15) is 4.79 Å². The Hall–Kier alpha value is -0.770. The predicted octanol–water partition coefficient (Wildman–Crippen LogP) is 2.63. The van der Waals surface area contributed by atoms with E-state index in [0.29, 0.717) is 12.6 Å². The van der Waals surface area contributed by atoms with Gasteiger partial charge in [-0.25, -0.2) is 4.79 Å². The van der Waals surface area contributed by atoms with E-state index in [-0.39, 0.29) is 6.09 Å². The number of piperidine rings is 1. The maximum absolute atomic E-state index is 11.8. The molecule has 0 aromatic rings. The minimum Gasteiger partial charge on any atom is -0.449 e. The van der Waals surface area contributed by atoms with Crippen molar-refractivity contribution in [3.63, 3.8) is 0 Å². The van der Waals surface area contributed by atoms with Crippen LogP contribution in [0.3, 0.4) is 0 Å². The standard InChI is InChI=1S/C15H26N2O2/c18-15-17(9-4-12-19-15)14-7-10-16(11-8-14)13-5-2-1-3-6-13/h13-14H,1-12H2. The van der Waals surface area contributed by atoms with E-state index in [1.54, 1.807) is 0 Å². The van der Waals surface area contributed by atoms with Gasteiger partial charge in [-0.05, 0) is 32.1 Å². The Morgan fingerprint density at radius 3 is 2.26 bits per heavy atom. The van der Waals surface area contributed by atoms with Crippen molar-refractivity contribution < 1.29 is 9.53 Å². The third-order valence-corrected chi connectivity index (χ3v) is 5.03. The first kappa shape index (κ1) is 13.2. The van der Waals surface area contributed by atoms with E-state index in [1.165, 1.54) is 45.2 Å². The van der Waals surface area contributed by atoms with Gasteiger partial charge in [-0.15, -0.1) is 0 Å². The number of carbonyl (C=O) groups excluding carboxylic acids is 1. The van der Waals surface area contributed by atoms with Crippen LogP contribution in [0.5, 0.6) is 0 Å². The number of rotatable bonds is 2. The summed E-state index contributed by atoms with van der Waals surface area (Å²) < 4.78 is 5.16. The molecule has 2 aliphatic heterocycles. The van der Waals surface area contributed by atoms with Gasteiger partial charge in [0.25, 0.3) is 0 Å². The summed E-state index contributed by atoms with van der Waals surface area (Å²) in [6.07, 6.45) is 10.2. The molecule has 1 amide bonds. The molecule has 0 radical (unpaired) electrons. The van der Waals surface area contributed by atoms with Crippen LogP contribution in [0.25, 0.3) is 0 Å². The lowest BCUT2D eigenvalue weighted by Crippen LogP contribution is -2.51. The number of nitrogens with zero attached hydrogens (tertiary/aromatic N) is 2. The zero-order valence-corrected chi connectivity index (χ0v) is 11.9. The number of carbonyl (C=O) groups is 1. The van der Waals surface area contributed by atoms with Gasteiger partial charge in [0.2, 0.25) is 0 Å². The van der Waals surface area contributed by atoms with E-state index < -0.39 is 0 Å². The van der Waals surface area contributed by atoms with Crippen LogP contribution in [-0.4, -0.2) is 54.2 Å². The van der Waals surface area contributed by atoms with E-state index in [2.05, 4.69) is 4.90 Å². The highest BCUT2D eigenvalue weighted by Gasteiger charge is 2.32. The largest absolute Gasteiger partial charge is 0.449 e. The van der Waals surface area contributed by atoms with Crippen LogP contribution in [-0.2, 0) is 4.74 Å². The molecule has 4 heteroatoms. The molecule has 0 aromatic heterocycles. The fourth-order valence-corrected chi connectivity index (χ4v) is 3.91. The van der Waals surface area contributed by atoms with E-state index >= 15 is 0 Å². The average molecular weight is 266 g/mol. The number of hydrogen-bond acceptors (Lipinski definition) is 3. The van der Waals surface area contributed by atoms with Gasteiger partial charge in [0, 0.05) is 31.7 Å². The van der Waals surface area contributed by atoms with Crippen molar-refractivity contribution in [2.45, 2.75) is 63.5 Å². The van der Waals surface area contributed by atoms with Crippen molar-refractivity contribution in [2.24, 2.45) is 0 Å². The lowest BCUT2D eigenvalue weighted by atomic mass is 9.92. The molecule has 0 bridgehead atoms. The smallest absolute Gasteiger partial charge is 0.410 e. The summed E-state index contributed by atoms with van der Waals surface area (Å²) in [7, 11) is 0. The van der Waals surface area contributed by atoms with Crippen molar-refractivity contribution in [3.05, 3.63) is 0 Å². The Morgan fingerprint density at radius 1 is 0.842 bits per heavy atom. The van der Waals surface area contributed by atoms with Gasteiger partial charge in [0.05, 0.1) is 6.61 Å². The Bertz CT molecular complexity index is 307. The Morgan fingerprint density at radius 2 is 1.58 bits per heavy atom. The first-order chi connectivity index (χ1) is 9.34. The second-order valence-corrected chi connectivity index (χ2v) is 6.22. The van der Waals surface area contributed by atoms with E-state index in [0.717, 1.165) is 31.8 Å². The van der Waals surface area contributed by atoms with Crippen LogP contribution in [0, 0.1) is 0 Å². The molecular formula is C15H26N2O2. The zero-order valence-electron chi connectivity index (χ0n) is 11.9. The normalized spacial score (nSPS) is 28.4. The van der Waals surface area contributed by atoms with Crippen molar-refractivity contribution in [2.75, 3.05) is 26.2 Å². The van der Waals surface area contributed by atoms with Gasteiger partial charge in [-0.2, -0.15) is 0 Å². The quantitative estimate of drug-likeness (QED) is 0.770. The molecule has 0 N–H and O–H groups in total. The molecule has 108 valence electrons. The molecule has 4 nitrogen and oxygen atoms in total. The second kappa shape index (κ2) is 6.12. The average Bonchev–Trinajstić information content (AvgIpc) is 2.49. The molecule has 0 spiro atoms. The van der Waals surface area contributed by atoms with Crippen LogP contribution in [0.1, 0.15) is 51.4 Å². The Balaban J connectivity index is 1.49. The first-order valence-corrected chi connectivity index (χ1v) is 8.02. The second-order valence-electron chi connectivity index (χ2n) is 6.22. The topological polar surface area (TPSA) is 32.8 Å². The number of cyclic esters (lactones) is 1. The molecule has 2 saturated heterocycles. The number of likely N-dealkylation sites (tertiary alicyclic amines) is 1. The fourth-order valence-electron chi connectivity index (χ4n) is 3.91.